The summed E-state index contributed by atoms with van der Waals surface area (Å²) in [5.74, 6) is 0.778. The second-order valence-electron chi connectivity index (χ2n) is 10.8. The minimum Gasteiger partial charge on any atom is -0.468 e. The molecule has 1 saturated carbocycles. The van der Waals surface area contributed by atoms with Crippen molar-refractivity contribution in [1.29, 1.82) is 0 Å². The molecule has 1 heterocycles. The second kappa shape index (κ2) is 12.4. The molecule has 5 heteroatoms. The molecule has 5 aromatic rings. The number of nitrogens with zero attached hydrogens (tertiary/aromatic N) is 1. The van der Waals surface area contributed by atoms with Crippen LogP contribution >= 0.6 is 0 Å². The highest BCUT2D eigenvalue weighted by Crippen LogP contribution is 2.51. The van der Waals surface area contributed by atoms with E-state index in [0.717, 1.165) is 22.7 Å². The van der Waals surface area contributed by atoms with E-state index in [1.54, 1.807) is 6.92 Å². The number of fused-ring (bicyclic) bond motifs is 1. The lowest BCUT2D eigenvalue weighted by Gasteiger charge is -2.17. The van der Waals surface area contributed by atoms with Gasteiger partial charge in [0, 0.05) is 11.6 Å². The molecule has 1 atom stereocenters. The van der Waals surface area contributed by atoms with Crippen molar-refractivity contribution >= 4 is 22.9 Å². The Morgan fingerprint density at radius 3 is 2.12 bits per heavy atom. The van der Waals surface area contributed by atoms with E-state index in [-0.39, 0.29) is 6.04 Å². The molecule has 6 rings (SSSR count). The first kappa shape index (κ1) is 28.2. The van der Waals surface area contributed by atoms with Crippen molar-refractivity contribution in [2.45, 2.75) is 58.4 Å². The normalized spacial score (nSPS) is 14.0. The van der Waals surface area contributed by atoms with E-state index >= 15 is 0 Å². The van der Waals surface area contributed by atoms with Crippen molar-refractivity contribution in [1.82, 2.24) is 5.16 Å². The minimum atomic E-state index is 0.113. The van der Waals surface area contributed by atoms with Gasteiger partial charge in [-0.3, -0.25) is 4.79 Å². The molecule has 1 aromatic heterocycles. The highest BCUT2D eigenvalue weighted by Gasteiger charge is 2.42. The Balaban J connectivity index is 0.000000623. The van der Waals surface area contributed by atoms with E-state index in [2.05, 4.69) is 120 Å². The number of hydrogen-bond acceptors (Lipinski definition) is 5. The maximum atomic E-state index is 9.18. The number of aromatic nitrogens is 1. The first-order chi connectivity index (χ1) is 20.0. The molecule has 0 radical (unpaired) electrons. The van der Waals surface area contributed by atoms with Crippen LogP contribution in [0.2, 0.25) is 0 Å². The molecule has 41 heavy (non-hydrogen) atoms. The Labute approximate surface area is 242 Å². The summed E-state index contributed by atoms with van der Waals surface area (Å²) in [6.07, 6.45) is 3.88. The SMILES string of the molecule is CCC1(c2ccc(-c3ccc(-c4onc(C)c4NC(C)c4ccc5ccccc5c4)cc3)cc2)CC1.CCOC=O. The summed E-state index contributed by atoms with van der Waals surface area (Å²) in [6, 6.07) is 32.9. The fraction of sp³-hybridized carbons (Fsp3) is 0.278. The molecule has 4 aromatic carbocycles. The standard InChI is InChI=1S/C33H32N2O.C3H6O2/c1-4-33(19-20-33)30-17-15-26(16-18-30)25-9-12-27(13-10-25)32-31(23(3)35-36-32)34-22(2)28-14-11-24-7-5-6-8-29(24)21-28;1-2-5-3-4/h5-18,21-22,34H,4,19-20H2,1-3H3;3H,2H2,1H3. The third kappa shape index (κ3) is 6.19. The number of ether oxygens (including phenoxy) is 1. The highest BCUT2D eigenvalue weighted by molar-refractivity contribution is 5.83. The van der Waals surface area contributed by atoms with Crippen LogP contribution in [0.25, 0.3) is 33.2 Å². The molecule has 210 valence electrons. The van der Waals surface area contributed by atoms with Crippen LogP contribution in [-0.4, -0.2) is 18.2 Å². The minimum absolute atomic E-state index is 0.113. The zero-order chi connectivity index (χ0) is 28.8. The smallest absolute Gasteiger partial charge is 0.293 e. The lowest BCUT2D eigenvalue weighted by Crippen LogP contribution is -2.07. The number of rotatable bonds is 9. The third-order valence-electron chi connectivity index (χ3n) is 8.24. The molecule has 1 fully saturated rings. The summed E-state index contributed by atoms with van der Waals surface area (Å²) >= 11 is 0. The number of carbonyl (C=O) groups excluding carboxylic acids is 1. The number of carbonyl (C=O) groups is 1. The van der Waals surface area contributed by atoms with Crippen LogP contribution in [-0.2, 0) is 14.9 Å². The molecule has 1 aliphatic carbocycles. The number of aryl methyl sites for hydroxylation is 1. The lowest BCUT2D eigenvalue weighted by atomic mass is 9.91. The first-order valence-electron chi connectivity index (χ1n) is 14.5. The van der Waals surface area contributed by atoms with Crippen LogP contribution in [0.4, 0.5) is 5.69 Å². The van der Waals surface area contributed by atoms with Gasteiger partial charge in [0.2, 0.25) is 0 Å². The zero-order valence-corrected chi connectivity index (χ0v) is 24.3. The topological polar surface area (TPSA) is 64.4 Å². The predicted molar refractivity (Wildman–Crippen MR) is 167 cm³/mol. The van der Waals surface area contributed by atoms with Gasteiger partial charge in [-0.05, 0) is 84.5 Å². The van der Waals surface area contributed by atoms with Crippen molar-refractivity contribution < 1.29 is 14.1 Å². The van der Waals surface area contributed by atoms with Crippen molar-refractivity contribution in [3.05, 3.63) is 108 Å². The van der Waals surface area contributed by atoms with Gasteiger partial charge < -0.3 is 14.6 Å². The summed E-state index contributed by atoms with van der Waals surface area (Å²) < 4.78 is 9.95. The van der Waals surface area contributed by atoms with Crippen molar-refractivity contribution in [3.63, 3.8) is 0 Å². The predicted octanol–water partition coefficient (Wildman–Crippen LogP) is 9.26. The summed E-state index contributed by atoms with van der Waals surface area (Å²) in [5.41, 5.74) is 8.45. The Morgan fingerprint density at radius 1 is 0.902 bits per heavy atom. The summed E-state index contributed by atoms with van der Waals surface area (Å²) in [7, 11) is 0. The molecule has 0 bridgehead atoms. The Kier molecular flexibility index (Phi) is 8.53. The lowest BCUT2D eigenvalue weighted by molar-refractivity contribution is -0.128. The summed E-state index contributed by atoms with van der Waals surface area (Å²) in [4.78, 5) is 9.18. The van der Waals surface area contributed by atoms with Gasteiger partial charge in [0.05, 0.1) is 6.61 Å². The van der Waals surface area contributed by atoms with E-state index in [1.807, 2.05) is 6.92 Å². The molecule has 1 N–H and O–H groups in total. The van der Waals surface area contributed by atoms with Crippen LogP contribution in [0.3, 0.4) is 0 Å². The Hall–Kier alpha value is -4.38. The summed E-state index contributed by atoms with van der Waals surface area (Å²) in [5, 5.41) is 10.4. The van der Waals surface area contributed by atoms with Crippen molar-refractivity contribution in [3.8, 4) is 22.5 Å². The van der Waals surface area contributed by atoms with Gasteiger partial charge >= 0.3 is 0 Å². The van der Waals surface area contributed by atoms with Crippen molar-refractivity contribution in [2.75, 3.05) is 11.9 Å². The molecule has 0 spiro atoms. The highest BCUT2D eigenvalue weighted by atomic mass is 16.5. The molecular formula is C36H38N2O3. The van der Waals surface area contributed by atoms with Gasteiger partial charge in [0.1, 0.15) is 11.4 Å². The van der Waals surface area contributed by atoms with Crippen LogP contribution < -0.4 is 5.32 Å². The van der Waals surface area contributed by atoms with Gasteiger partial charge in [-0.1, -0.05) is 97.0 Å². The van der Waals surface area contributed by atoms with E-state index in [0.29, 0.717) is 18.5 Å². The fourth-order valence-electron chi connectivity index (χ4n) is 5.41. The Morgan fingerprint density at radius 2 is 1.54 bits per heavy atom. The van der Waals surface area contributed by atoms with E-state index < -0.39 is 0 Å². The van der Waals surface area contributed by atoms with Crippen LogP contribution in [0.1, 0.15) is 62.9 Å². The van der Waals surface area contributed by atoms with Gasteiger partial charge in [0.25, 0.3) is 6.47 Å². The molecule has 1 unspecified atom stereocenters. The second-order valence-corrected chi connectivity index (χ2v) is 10.8. The number of nitrogens with one attached hydrogen (secondary N) is 1. The van der Waals surface area contributed by atoms with Crippen molar-refractivity contribution in [2.24, 2.45) is 0 Å². The molecule has 0 amide bonds. The molecule has 5 nitrogen and oxygen atoms in total. The van der Waals surface area contributed by atoms with Gasteiger partial charge in [-0.25, -0.2) is 0 Å². The average molecular weight is 547 g/mol. The van der Waals surface area contributed by atoms with Gasteiger partial charge in [0.15, 0.2) is 5.76 Å². The van der Waals surface area contributed by atoms with Crippen LogP contribution in [0, 0.1) is 6.92 Å². The molecule has 1 aliphatic rings. The summed E-state index contributed by atoms with van der Waals surface area (Å²) in [6.45, 7) is 9.13. The van der Waals surface area contributed by atoms with Crippen LogP contribution in [0.15, 0.2) is 95.5 Å². The van der Waals surface area contributed by atoms with Gasteiger partial charge in [-0.15, -0.1) is 0 Å². The quantitative estimate of drug-likeness (QED) is 0.187. The molecule has 0 saturated heterocycles. The largest absolute Gasteiger partial charge is 0.468 e. The Bertz CT molecular complexity index is 1600. The maximum Gasteiger partial charge on any atom is 0.293 e. The number of anilines is 1. The monoisotopic (exact) mass is 546 g/mol. The van der Waals surface area contributed by atoms with E-state index in [1.165, 1.54) is 52.3 Å². The molecule has 0 aliphatic heterocycles. The van der Waals surface area contributed by atoms with E-state index in [4.69, 9.17) is 4.52 Å². The maximum absolute atomic E-state index is 9.18. The fourth-order valence-corrected chi connectivity index (χ4v) is 5.41. The number of hydrogen-bond donors (Lipinski definition) is 1. The molecular weight excluding hydrogens is 508 g/mol. The first-order valence-corrected chi connectivity index (χ1v) is 14.5. The van der Waals surface area contributed by atoms with Gasteiger partial charge in [-0.2, -0.15) is 0 Å². The van der Waals surface area contributed by atoms with Crippen LogP contribution in [0.5, 0.6) is 0 Å². The zero-order valence-electron chi connectivity index (χ0n) is 24.3. The van der Waals surface area contributed by atoms with E-state index in [9.17, 15) is 4.79 Å². The third-order valence-corrected chi connectivity index (χ3v) is 8.24. The number of benzene rings is 4. The average Bonchev–Trinajstić information content (AvgIpc) is 3.75.